The molecule has 0 unspecified atom stereocenters. The number of amides is 1. The molecule has 3 nitrogen and oxygen atoms in total. The molecule has 0 saturated carbocycles. The lowest BCUT2D eigenvalue weighted by Gasteiger charge is -2.09. The number of aromatic nitrogens is 1. The number of nitrogens with zero attached hydrogens (tertiary/aromatic N) is 1. The van der Waals surface area contributed by atoms with Gasteiger partial charge in [0.2, 0.25) is 0 Å². The smallest absolute Gasteiger partial charge is 0.366 e. The van der Waals surface area contributed by atoms with Gasteiger partial charge >= 0.3 is 6.18 Å². The molecule has 21 heavy (non-hydrogen) atoms. The summed E-state index contributed by atoms with van der Waals surface area (Å²) in [6.45, 7) is 0. The molecular formula is C15H13F3N2O. The van der Waals surface area contributed by atoms with Crippen molar-refractivity contribution in [2.45, 2.75) is 19.0 Å². The van der Waals surface area contributed by atoms with Crippen LogP contribution < -0.4 is 5.73 Å². The standard InChI is InChI=1S/C15H13F3N2O/c16-15(17,18)11-4-1-3-10(9-11)6-7-13-12(14(19)21)5-2-8-20-13/h1-5,8-9H,6-7H2,(H2,19,21). The summed E-state index contributed by atoms with van der Waals surface area (Å²) in [5.41, 5.74) is 5.87. The average molecular weight is 294 g/mol. The van der Waals surface area contributed by atoms with Gasteiger partial charge in [0.1, 0.15) is 0 Å². The normalized spacial score (nSPS) is 11.4. The summed E-state index contributed by atoms with van der Waals surface area (Å²) < 4.78 is 37.9. The van der Waals surface area contributed by atoms with Gasteiger partial charge in [0.25, 0.3) is 5.91 Å². The van der Waals surface area contributed by atoms with E-state index in [2.05, 4.69) is 4.98 Å². The number of rotatable bonds is 4. The Morgan fingerprint density at radius 2 is 1.90 bits per heavy atom. The first kappa shape index (κ1) is 15.0. The summed E-state index contributed by atoms with van der Waals surface area (Å²) in [5, 5.41) is 0. The van der Waals surface area contributed by atoms with E-state index >= 15 is 0 Å². The number of nitrogens with two attached hydrogens (primary N) is 1. The average Bonchev–Trinajstić information content (AvgIpc) is 2.45. The number of alkyl halides is 3. The fourth-order valence-electron chi connectivity index (χ4n) is 2.03. The summed E-state index contributed by atoms with van der Waals surface area (Å²) in [6.07, 6.45) is -2.14. The summed E-state index contributed by atoms with van der Waals surface area (Å²) >= 11 is 0. The molecule has 0 aliphatic heterocycles. The molecule has 110 valence electrons. The number of pyridine rings is 1. The molecule has 1 aromatic carbocycles. The third-order valence-electron chi connectivity index (χ3n) is 3.06. The van der Waals surface area contributed by atoms with Crippen LogP contribution in [0.4, 0.5) is 13.2 Å². The zero-order chi connectivity index (χ0) is 15.5. The Hall–Kier alpha value is -2.37. The molecule has 0 aliphatic rings. The molecule has 0 bridgehead atoms. The third kappa shape index (κ3) is 3.81. The van der Waals surface area contributed by atoms with Crippen molar-refractivity contribution >= 4 is 5.91 Å². The van der Waals surface area contributed by atoms with E-state index in [1.54, 1.807) is 18.2 Å². The molecule has 0 radical (unpaired) electrons. The number of hydrogen-bond acceptors (Lipinski definition) is 2. The Morgan fingerprint density at radius 3 is 2.57 bits per heavy atom. The molecule has 0 saturated heterocycles. The van der Waals surface area contributed by atoms with Gasteiger partial charge < -0.3 is 5.73 Å². The van der Waals surface area contributed by atoms with Crippen LogP contribution in [0.5, 0.6) is 0 Å². The Morgan fingerprint density at radius 1 is 1.14 bits per heavy atom. The zero-order valence-corrected chi connectivity index (χ0v) is 11.0. The predicted molar refractivity (Wildman–Crippen MR) is 71.6 cm³/mol. The van der Waals surface area contributed by atoms with E-state index < -0.39 is 17.6 Å². The number of primary amides is 1. The van der Waals surface area contributed by atoms with Crippen LogP contribution in [0.1, 0.15) is 27.2 Å². The fraction of sp³-hybridized carbons (Fsp3) is 0.200. The van der Waals surface area contributed by atoms with Gasteiger partial charge in [-0.2, -0.15) is 13.2 Å². The first-order valence-electron chi connectivity index (χ1n) is 6.28. The first-order valence-corrected chi connectivity index (χ1v) is 6.28. The van der Waals surface area contributed by atoms with Gasteiger partial charge in [-0.25, -0.2) is 0 Å². The van der Waals surface area contributed by atoms with Crippen molar-refractivity contribution in [1.29, 1.82) is 0 Å². The molecule has 0 spiro atoms. The summed E-state index contributed by atoms with van der Waals surface area (Å²) in [6, 6.07) is 8.25. The molecule has 2 aromatic rings. The van der Waals surface area contributed by atoms with Crippen LogP contribution in [0, 0.1) is 0 Å². The highest BCUT2D eigenvalue weighted by Gasteiger charge is 2.30. The maximum Gasteiger partial charge on any atom is 0.416 e. The summed E-state index contributed by atoms with van der Waals surface area (Å²) in [5.74, 6) is -0.595. The predicted octanol–water partition coefficient (Wildman–Crippen LogP) is 2.98. The first-order chi connectivity index (χ1) is 9.88. The van der Waals surface area contributed by atoms with Crippen molar-refractivity contribution < 1.29 is 18.0 Å². The van der Waals surface area contributed by atoms with E-state index in [1.807, 2.05) is 0 Å². The monoisotopic (exact) mass is 294 g/mol. The minimum Gasteiger partial charge on any atom is -0.366 e. The van der Waals surface area contributed by atoms with Crippen LogP contribution in [-0.4, -0.2) is 10.9 Å². The molecule has 2 N–H and O–H groups in total. The number of carbonyl (C=O) groups excluding carboxylic acids is 1. The molecule has 0 atom stereocenters. The molecule has 0 aliphatic carbocycles. The Balaban J connectivity index is 2.16. The van der Waals surface area contributed by atoms with Crippen LogP contribution in [0.25, 0.3) is 0 Å². The Bertz CT molecular complexity index is 653. The van der Waals surface area contributed by atoms with E-state index in [9.17, 15) is 18.0 Å². The quantitative estimate of drug-likeness (QED) is 0.942. The van der Waals surface area contributed by atoms with E-state index in [-0.39, 0.29) is 0 Å². The highest BCUT2D eigenvalue weighted by molar-refractivity contribution is 5.93. The maximum absolute atomic E-state index is 12.6. The van der Waals surface area contributed by atoms with Gasteiger partial charge in [-0.1, -0.05) is 18.2 Å². The lowest BCUT2D eigenvalue weighted by molar-refractivity contribution is -0.137. The molecule has 1 heterocycles. The largest absolute Gasteiger partial charge is 0.416 e. The number of carbonyl (C=O) groups is 1. The van der Waals surface area contributed by atoms with Crippen molar-refractivity contribution in [3.63, 3.8) is 0 Å². The van der Waals surface area contributed by atoms with Gasteiger partial charge in [-0.05, 0) is 36.6 Å². The second-order valence-corrected chi connectivity index (χ2v) is 4.56. The molecule has 0 fully saturated rings. The number of aryl methyl sites for hydroxylation is 2. The zero-order valence-electron chi connectivity index (χ0n) is 11.0. The topological polar surface area (TPSA) is 56.0 Å². The maximum atomic E-state index is 12.6. The van der Waals surface area contributed by atoms with Gasteiger partial charge in [0.05, 0.1) is 16.8 Å². The number of hydrogen-bond donors (Lipinski definition) is 1. The molecule has 6 heteroatoms. The number of halogens is 3. The SMILES string of the molecule is NC(=O)c1cccnc1CCc1cccc(C(F)(F)F)c1. The minimum atomic E-state index is -4.36. The van der Waals surface area contributed by atoms with Crippen LogP contribution in [0.3, 0.4) is 0 Å². The molecular weight excluding hydrogens is 281 g/mol. The third-order valence-corrected chi connectivity index (χ3v) is 3.06. The van der Waals surface area contributed by atoms with Gasteiger partial charge in [-0.3, -0.25) is 9.78 Å². The van der Waals surface area contributed by atoms with Crippen molar-refractivity contribution in [2.75, 3.05) is 0 Å². The lowest BCUT2D eigenvalue weighted by Crippen LogP contribution is -2.15. The van der Waals surface area contributed by atoms with E-state index in [4.69, 9.17) is 5.73 Å². The van der Waals surface area contributed by atoms with Crippen molar-refractivity contribution in [2.24, 2.45) is 5.73 Å². The van der Waals surface area contributed by atoms with Crippen LogP contribution in [0.2, 0.25) is 0 Å². The van der Waals surface area contributed by atoms with Crippen molar-refractivity contribution in [3.8, 4) is 0 Å². The van der Waals surface area contributed by atoms with Crippen LogP contribution in [-0.2, 0) is 19.0 Å². The van der Waals surface area contributed by atoms with Gasteiger partial charge in [-0.15, -0.1) is 0 Å². The molecule has 2 rings (SSSR count). The van der Waals surface area contributed by atoms with Crippen LogP contribution in [0.15, 0.2) is 42.6 Å². The fourth-order valence-corrected chi connectivity index (χ4v) is 2.03. The van der Waals surface area contributed by atoms with E-state index in [0.29, 0.717) is 29.7 Å². The molecule has 1 amide bonds. The van der Waals surface area contributed by atoms with Crippen LogP contribution >= 0.6 is 0 Å². The highest BCUT2D eigenvalue weighted by Crippen LogP contribution is 2.29. The highest BCUT2D eigenvalue weighted by atomic mass is 19.4. The minimum absolute atomic E-state index is 0.296. The van der Waals surface area contributed by atoms with E-state index in [1.165, 1.54) is 12.3 Å². The Labute approximate surface area is 119 Å². The van der Waals surface area contributed by atoms with E-state index in [0.717, 1.165) is 12.1 Å². The van der Waals surface area contributed by atoms with Crippen molar-refractivity contribution in [1.82, 2.24) is 4.98 Å². The number of benzene rings is 1. The van der Waals surface area contributed by atoms with Crippen molar-refractivity contribution in [3.05, 3.63) is 65.0 Å². The van der Waals surface area contributed by atoms with Gasteiger partial charge in [0, 0.05) is 6.20 Å². The van der Waals surface area contributed by atoms with Gasteiger partial charge in [0.15, 0.2) is 0 Å². The second-order valence-electron chi connectivity index (χ2n) is 4.56. The summed E-state index contributed by atoms with van der Waals surface area (Å²) in [4.78, 5) is 15.3. The Kier molecular flexibility index (Phi) is 4.26. The second kappa shape index (κ2) is 5.95. The lowest BCUT2D eigenvalue weighted by atomic mass is 10.0. The molecule has 1 aromatic heterocycles. The summed E-state index contributed by atoms with van der Waals surface area (Å²) in [7, 11) is 0.